The van der Waals surface area contributed by atoms with Crippen molar-refractivity contribution in [3.63, 3.8) is 0 Å². The Bertz CT molecular complexity index is 375. The van der Waals surface area contributed by atoms with Gasteiger partial charge < -0.3 is 10.0 Å². The first-order valence-electron chi connectivity index (χ1n) is 9.11. The maximum Gasteiger partial charge on any atom is 0.228 e. The molecule has 1 heterocycles. The molecule has 3 rings (SSSR count). The van der Waals surface area contributed by atoms with Gasteiger partial charge in [-0.15, -0.1) is 0 Å². The number of aliphatic hydroxyl groups is 1. The molecule has 0 spiro atoms. The summed E-state index contributed by atoms with van der Waals surface area (Å²) in [6, 6.07) is 0.312. The van der Waals surface area contributed by atoms with Gasteiger partial charge in [0.25, 0.3) is 0 Å². The number of nitrogens with zero attached hydrogens (tertiary/aromatic N) is 1. The van der Waals surface area contributed by atoms with Gasteiger partial charge in [-0.25, -0.2) is 0 Å². The Morgan fingerprint density at radius 2 is 1.71 bits per heavy atom. The van der Waals surface area contributed by atoms with E-state index in [9.17, 15) is 9.90 Å². The molecule has 3 fully saturated rings. The molecule has 1 aliphatic heterocycles. The molecule has 120 valence electrons. The molecule has 1 N–H and O–H groups in total. The van der Waals surface area contributed by atoms with E-state index in [2.05, 4.69) is 11.8 Å². The number of carbonyl (C=O) groups excluding carboxylic acids is 1. The molecular weight excluding hydrogens is 262 g/mol. The van der Waals surface area contributed by atoms with E-state index in [1.54, 1.807) is 0 Å². The summed E-state index contributed by atoms with van der Waals surface area (Å²) in [5.74, 6) is 0.722. The molecule has 0 aromatic rings. The lowest BCUT2D eigenvalue weighted by molar-refractivity contribution is -0.146. The molecule has 2 saturated carbocycles. The van der Waals surface area contributed by atoms with Gasteiger partial charge in [0.05, 0.1) is 6.10 Å². The summed E-state index contributed by atoms with van der Waals surface area (Å²) >= 11 is 0. The lowest BCUT2D eigenvalue weighted by Crippen LogP contribution is -2.50. The summed E-state index contributed by atoms with van der Waals surface area (Å²) in [7, 11) is 0. The SMILES string of the molecule is CC1(C(=O)N2CCCC2C2CCCCC2O)CCCCC1. The van der Waals surface area contributed by atoms with Crippen LogP contribution in [-0.4, -0.2) is 34.6 Å². The Hall–Kier alpha value is -0.570. The minimum absolute atomic E-state index is 0.125. The molecule has 21 heavy (non-hydrogen) atoms. The topological polar surface area (TPSA) is 40.5 Å². The van der Waals surface area contributed by atoms with Crippen LogP contribution in [0.25, 0.3) is 0 Å². The molecule has 0 aromatic heterocycles. The van der Waals surface area contributed by atoms with Gasteiger partial charge in [-0.05, 0) is 38.5 Å². The zero-order valence-corrected chi connectivity index (χ0v) is 13.5. The lowest BCUT2D eigenvalue weighted by Gasteiger charge is -2.42. The van der Waals surface area contributed by atoms with Crippen LogP contribution in [-0.2, 0) is 4.79 Å². The highest BCUT2D eigenvalue weighted by Gasteiger charge is 2.44. The Morgan fingerprint density at radius 1 is 1.00 bits per heavy atom. The number of hydrogen-bond acceptors (Lipinski definition) is 2. The Balaban J connectivity index is 1.72. The molecule has 3 heteroatoms. The highest BCUT2D eigenvalue weighted by Crippen LogP contribution is 2.41. The first-order chi connectivity index (χ1) is 10.1. The third kappa shape index (κ3) is 2.99. The van der Waals surface area contributed by atoms with E-state index >= 15 is 0 Å². The molecule has 1 saturated heterocycles. The molecule has 3 unspecified atom stereocenters. The summed E-state index contributed by atoms with van der Waals surface area (Å²) in [6.07, 6.45) is 12.2. The molecule has 3 aliphatic rings. The van der Waals surface area contributed by atoms with Crippen molar-refractivity contribution in [3.05, 3.63) is 0 Å². The van der Waals surface area contributed by atoms with Crippen molar-refractivity contribution in [2.45, 2.75) is 89.7 Å². The Morgan fingerprint density at radius 3 is 2.43 bits per heavy atom. The number of hydrogen-bond donors (Lipinski definition) is 1. The van der Waals surface area contributed by atoms with Gasteiger partial charge >= 0.3 is 0 Å². The van der Waals surface area contributed by atoms with E-state index in [4.69, 9.17) is 0 Å². The molecule has 1 amide bonds. The average Bonchev–Trinajstić information content (AvgIpc) is 2.97. The number of amides is 1. The molecule has 0 aromatic carbocycles. The third-order valence-corrected chi connectivity index (χ3v) is 6.31. The Labute approximate surface area is 129 Å². The van der Waals surface area contributed by atoms with E-state index in [1.165, 1.54) is 25.7 Å². The van der Waals surface area contributed by atoms with Crippen molar-refractivity contribution >= 4 is 5.91 Å². The smallest absolute Gasteiger partial charge is 0.228 e. The van der Waals surface area contributed by atoms with Crippen LogP contribution in [0.4, 0.5) is 0 Å². The minimum Gasteiger partial charge on any atom is -0.393 e. The van der Waals surface area contributed by atoms with Crippen molar-refractivity contribution in [2.24, 2.45) is 11.3 Å². The highest BCUT2D eigenvalue weighted by atomic mass is 16.3. The zero-order valence-electron chi connectivity index (χ0n) is 13.5. The van der Waals surface area contributed by atoms with Gasteiger partial charge in [-0.1, -0.05) is 39.0 Å². The van der Waals surface area contributed by atoms with Crippen LogP contribution in [0, 0.1) is 11.3 Å². The molecular formula is C18H31NO2. The number of rotatable bonds is 2. The van der Waals surface area contributed by atoms with Crippen LogP contribution in [0.3, 0.4) is 0 Å². The molecule has 3 nitrogen and oxygen atoms in total. The van der Waals surface area contributed by atoms with E-state index in [-0.39, 0.29) is 11.5 Å². The van der Waals surface area contributed by atoms with Gasteiger partial charge in [0.2, 0.25) is 5.91 Å². The van der Waals surface area contributed by atoms with Crippen molar-refractivity contribution < 1.29 is 9.90 Å². The van der Waals surface area contributed by atoms with Crippen molar-refractivity contribution in [3.8, 4) is 0 Å². The minimum atomic E-state index is -0.184. The highest BCUT2D eigenvalue weighted by molar-refractivity contribution is 5.83. The van der Waals surface area contributed by atoms with Crippen LogP contribution in [0.2, 0.25) is 0 Å². The quantitative estimate of drug-likeness (QED) is 0.846. The van der Waals surface area contributed by atoms with Gasteiger partial charge in [0.15, 0.2) is 0 Å². The summed E-state index contributed by atoms with van der Waals surface area (Å²) in [4.78, 5) is 15.3. The van der Waals surface area contributed by atoms with E-state index in [0.29, 0.717) is 17.9 Å². The predicted octanol–water partition coefficient (Wildman–Crippen LogP) is 3.50. The first-order valence-corrected chi connectivity index (χ1v) is 9.11. The molecule has 2 aliphatic carbocycles. The van der Waals surface area contributed by atoms with Crippen LogP contribution < -0.4 is 0 Å². The fourth-order valence-corrected chi connectivity index (χ4v) is 4.97. The van der Waals surface area contributed by atoms with Gasteiger partial charge in [0, 0.05) is 23.9 Å². The second kappa shape index (κ2) is 6.28. The zero-order chi connectivity index (χ0) is 14.9. The van der Waals surface area contributed by atoms with Gasteiger partial charge in [0.1, 0.15) is 0 Å². The second-order valence-electron chi connectivity index (χ2n) is 7.85. The fraction of sp³-hybridized carbons (Fsp3) is 0.944. The van der Waals surface area contributed by atoms with Gasteiger partial charge in [-0.3, -0.25) is 4.79 Å². The molecule has 0 radical (unpaired) electrons. The molecule has 0 bridgehead atoms. The van der Waals surface area contributed by atoms with Crippen LogP contribution in [0.5, 0.6) is 0 Å². The first kappa shape index (κ1) is 15.3. The van der Waals surface area contributed by atoms with Crippen molar-refractivity contribution in [1.29, 1.82) is 0 Å². The molecule has 3 atom stereocenters. The largest absolute Gasteiger partial charge is 0.393 e. The normalized spacial score (nSPS) is 36.7. The van der Waals surface area contributed by atoms with Crippen molar-refractivity contribution in [2.75, 3.05) is 6.54 Å². The van der Waals surface area contributed by atoms with Gasteiger partial charge in [-0.2, -0.15) is 0 Å². The Kier molecular flexibility index (Phi) is 4.58. The van der Waals surface area contributed by atoms with Crippen LogP contribution in [0.15, 0.2) is 0 Å². The van der Waals surface area contributed by atoms with Crippen LogP contribution in [0.1, 0.15) is 77.6 Å². The fourth-order valence-electron chi connectivity index (χ4n) is 4.97. The summed E-state index contributed by atoms with van der Waals surface area (Å²) in [6.45, 7) is 3.10. The second-order valence-corrected chi connectivity index (χ2v) is 7.85. The van der Waals surface area contributed by atoms with E-state index in [1.807, 2.05) is 0 Å². The summed E-state index contributed by atoms with van der Waals surface area (Å²) in [5.41, 5.74) is -0.125. The maximum atomic E-state index is 13.1. The standard InChI is InChI=1S/C18H31NO2/c1-18(11-5-2-6-12-18)17(21)19-13-7-9-15(19)14-8-3-4-10-16(14)20/h14-16,20H,2-13H2,1H3. The van der Waals surface area contributed by atoms with Crippen LogP contribution >= 0.6 is 0 Å². The lowest BCUT2D eigenvalue weighted by atomic mass is 9.74. The van der Waals surface area contributed by atoms with E-state index in [0.717, 1.165) is 51.5 Å². The number of aliphatic hydroxyl groups excluding tert-OH is 1. The number of likely N-dealkylation sites (tertiary alicyclic amines) is 1. The van der Waals surface area contributed by atoms with E-state index < -0.39 is 0 Å². The van der Waals surface area contributed by atoms with Crippen molar-refractivity contribution in [1.82, 2.24) is 4.90 Å². The maximum absolute atomic E-state index is 13.1. The summed E-state index contributed by atoms with van der Waals surface area (Å²) < 4.78 is 0. The predicted molar refractivity (Wildman–Crippen MR) is 83.9 cm³/mol. The third-order valence-electron chi connectivity index (χ3n) is 6.31. The monoisotopic (exact) mass is 293 g/mol. The number of carbonyl (C=O) groups is 1. The summed E-state index contributed by atoms with van der Waals surface area (Å²) in [5, 5.41) is 10.4. The average molecular weight is 293 g/mol.